The molecule has 1 aliphatic heterocycles. The molecule has 0 saturated carbocycles. The second-order valence-electron chi connectivity index (χ2n) is 9.01. The third-order valence-corrected chi connectivity index (χ3v) is 10.4. The summed E-state index contributed by atoms with van der Waals surface area (Å²) < 4.78 is 59.5. The van der Waals surface area contributed by atoms with Crippen molar-refractivity contribution in [1.29, 1.82) is 0 Å². The number of amides is 1. The van der Waals surface area contributed by atoms with Gasteiger partial charge in [0, 0.05) is 30.7 Å². The second-order valence-corrected chi connectivity index (χ2v) is 13.4. The smallest absolute Gasteiger partial charge is 0.264 e. The van der Waals surface area contributed by atoms with Gasteiger partial charge in [0.05, 0.1) is 22.0 Å². The normalized spacial score (nSPS) is 14.5. The number of piperidine rings is 1. The fourth-order valence-corrected chi connectivity index (χ4v) is 6.96. The van der Waals surface area contributed by atoms with Crippen LogP contribution < -0.4 is 14.4 Å². The minimum atomic E-state index is -3.78. The zero-order chi connectivity index (χ0) is 28.0. The van der Waals surface area contributed by atoms with E-state index in [9.17, 15) is 21.6 Å². The number of ether oxygens (including phenoxy) is 1. The molecule has 0 aromatic heterocycles. The standard InChI is InChI=1S/C27H30ClN3O6S2/c1-30(38(33,34)25-13-7-22(28)8-14-25)23-9-5-21(6-10-23)27(32)29-17-20-37-24-11-15-26(16-12-24)39(35,36)31-18-3-2-4-19-31/h5-16H,2-4,17-20H2,1H3,(H,29,32). The number of anilines is 1. The highest BCUT2D eigenvalue weighted by atomic mass is 35.5. The molecule has 1 aliphatic rings. The summed E-state index contributed by atoms with van der Waals surface area (Å²) in [5.41, 5.74) is 0.763. The molecule has 9 nitrogen and oxygen atoms in total. The minimum Gasteiger partial charge on any atom is -0.492 e. The highest BCUT2D eigenvalue weighted by molar-refractivity contribution is 7.92. The van der Waals surface area contributed by atoms with E-state index in [1.54, 1.807) is 36.4 Å². The summed E-state index contributed by atoms with van der Waals surface area (Å²) in [6.45, 7) is 1.49. The fourth-order valence-electron chi connectivity index (χ4n) is 4.12. The van der Waals surface area contributed by atoms with Gasteiger partial charge in [-0.05, 0) is 85.6 Å². The molecule has 0 unspecified atom stereocenters. The first-order chi connectivity index (χ1) is 18.6. The van der Waals surface area contributed by atoms with Crippen molar-refractivity contribution >= 4 is 43.2 Å². The van der Waals surface area contributed by atoms with E-state index < -0.39 is 20.0 Å². The molecule has 3 aromatic carbocycles. The Morgan fingerprint density at radius 2 is 1.46 bits per heavy atom. The van der Waals surface area contributed by atoms with Crippen LogP contribution in [0, 0.1) is 0 Å². The molecular weight excluding hydrogens is 562 g/mol. The van der Waals surface area contributed by atoms with Crippen molar-refractivity contribution in [2.75, 3.05) is 37.6 Å². The number of nitrogens with one attached hydrogen (secondary N) is 1. The van der Waals surface area contributed by atoms with Gasteiger partial charge in [-0.1, -0.05) is 18.0 Å². The van der Waals surface area contributed by atoms with E-state index in [1.165, 1.54) is 47.8 Å². The SMILES string of the molecule is CN(c1ccc(C(=O)NCCOc2ccc(S(=O)(=O)N3CCCCC3)cc2)cc1)S(=O)(=O)c1ccc(Cl)cc1. The Kier molecular flexibility index (Phi) is 9.16. The zero-order valence-electron chi connectivity index (χ0n) is 21.4. The Balaban J connectivity index is 1.27. The van der Waals surface area contributed by atoms with E-state index in [0.29, 0.717) is 35.1 Å². The third kappa shape index (κ3) is 6.91. The van der Waals surface area contributed by atoms with Crippen LogP contribution in [0.15, 0.2) is 82.6 Å². The molecular formula is C27H30ClN3O6S2. The van der Waals surface area contributed by atoms with Gasteiger partial charge in [0.15, 0.2) is 0 Å². The molecule has 12 heteroatoms. The summed E-state index contributed by atoms with van der Waals surface area (Å²) in [4.78, 5) is 12.9. The average molecular weight is 592 g/mol. The summed E-state index contributed by atoms with van der Waals surface area (Å²) in [5, 5.41) is 3.19. The lowest BCUT2D eigenvalue weighted by molar-refractivity contribution is 0.0947. The number of nitrogens with zero attached hydrogens (tertiary/aromatic N) is 2. The molecule has 0 aliphatic carbocycles. The molecule has 0 atom stereocenters. The lowest BCUT2D eigenvalue weighted by Gasteiger charge is -2.25. The van der Waals surface area contributed by atoms with Crippen LogP contribution in [0.3, 0.4) is 0 Å². The highest BCUT2D eigenvalue weighted by Crippen LogP contribution is 2.24. The molecule has 3 aromatic rings. The zero-order valence-corrected chi connectivity index (χ0v) is 23.8. The highest BCUT2D eigenvalue weighted by Gasteiger charge is 2.26. The predicted octanol–water partition coefficient (Wildman–Crippen LogP) is 4.15. The molecule has 0 spiro atoms. The Hall–Kier alpha value is -3.12. The van der Waals surface area contributed by atoms with Crippen LogP contribution in [0.4, 0.5) is 5.69 Å². The number of carbonyl (C=O) groups is 1. The lowest BCUT2D eigenvalue weighted by Crippen LogP contribution is -2.35. The number of rotatable bonds is 10. The Morgan fingerprint density at radius 3 is 2.08 bits per heavy atom. The predicted molar refractivity (Wildman–Crippen MR) is 150 cm³/mol. The van der Waals surface area contributed by atoms with Gasteiger partial charge >= 0.3 is 0 Å². The maximum absolute atomic E-state index is 12.9. The van der Waals surface area contributed by atoms with Crippen LogP contribution in [0.1, 0.15) is 29.6 Å². The minimum absolute atomic E-state index is 0.106. The molecule has 0 bridgehead atoms. The van der Waals surface area contributed by atoms with E-state index >= 15 is 0 Å². The number of carbonyl (C=O) groups excluding carboxylic acids is 1. The maximum atomic E-state index is 12.9. The Labute approximate surface area is 234 Å². The van der Waals surface area contributed by atoms with Gasteiger partial charge in [-0.15, -0.1) is 0 Å². The van der Waals surface area contributed by atoms with Gasteiger partial charge in [-0.25, -0.2) is 16.8 Å². The van der Waals surface area contributed by atoms with Crippen LogP contribution in [0.5, 0.6) is 5.75 Å². The van der Waals surface area contributed by atoms with Crippen molar-refractivity contribution in [3.8, 4) is 5.75 Å². The van der Waals surface area contributed by atoms with Crippen LogP contribution in [-0.4, -0.2) is 60.3 Å². The number of hydrogen-bond donors (Lipinski definition) is 1. The van der Waals surface area contributed by atoms with E-state index in [2.05, 4.69) is 5.32 Å². The molecule has 1 saturated heterocycles. The van der Waals surface area contributed by atoms with Gasteiger partial charge in [0.1, 0.15) is 12.4 Å². The summed E-state index contributed by atoms with van der Waals surface area (Å²) in [7, 11) is -5.84. The van der Waals surface area contributed by atoms with Gasteiger partial charge in [0.25, 0.3) is 15.9 Å². The van der Waals surface area contributed by atoms with Crippen LogP contribution in [0.25, 0.3) is 0 Å². The summed E-state index contributed by atoms with van der Waals surface area (Å²) in [5.74, 6) is 0.160. The van der Waals surface area contributed by atoms with Crippen molar-refractivity contribution in [2.45, 2.75) is 29.1 Å². The van der Waals surface area contributed by atoms with Crippen molar-refractivity contribution in [3.05, 3.63) is 83.4 Å². The van der Waals surface area contributed by atoms with Crippen LogP contribution >= 0.6 is 11.6 Å². The average Bonchev–Trinajstić information content (AvgIpc) is 2.96. The third-order valence-electron chi connectivity index (χ3n) is 6.40. The largest absolute Gasteiger partial charge is 0.492 e. The van der Waals surface area contributed by atoms with Crippen LogP contribution in [0.2, 0.25) is 5.02 Å². The first-order valence-electron chi connectivity index (χ1n) is 12.4. The van der Waals surface area contributed by atoms with Gasteiger partial charge < -0.3 is 10.1 Å². The van der Waals surface area contributed by atoms with Gasteiger partial charge in [-0.2, -0.15) is 4.31 Å². The maximum Gasteiger partial charge on any atom is 0.264 e. The first-order valence-corrected chi connectivity index (χ1v) is 15.7. The van der Waals surface area contributed by atoms with E-state index in [4.69, 9.17) is 16.3 Å². The number of halogens is 1. The molecule has 1 fully saturated rings. The van der Waals surface area contributed by atoms with E-state index in [1.807, 2.05) is 0 Å². The number of hydrogen-bond acceptors (Lipinski definition) is 6. The van der Waals surface area contributed by atoms with Crippen molar-refractivity contribution < 1.29 is 26.4 Å². The molecule has 1 amide bonds. The summed E-state index contributed by atoms with van der Waals surface area (Å²) in [6, 6.07) is 18.3. The molecule has 0 radical (unpaired) electrons. The van der Waals surface area contributed by atoms with Crippen molar-refractivity contribution in [2.24, 2.45) is 0 Å². The van der Waals surface area contributed by atoms with E-state index in [-0.39, 0.29) is 28.8 Å². The van der Waals surface area contributed by atoms with Gasteiger partial charge in [0.2, 0.25) is 10.0 Å². The monoisotopic (exact) mass is 591 g/mol. The molecule has 1 N–H and O–H groups in total. The topological polar surface area (TPSA) is 113 Å². The van der Waals surface area contributed by atoms with E-state index in [0.717, 1.165) is 23.6 Å². The number of benzene rings is 3. The summed E-state index contributed by atoms with van der Waals surface area (Å²) >= 11 is 5.85. The van der Waals surface area contributed by atoms with Crippen LogP contribution in [-0.2, 0) is 20.0 Å². The van der Waals surface area contributed by atoms with Crippen molar-refractivity contribution in [3.63, 3.8) is 0 Å². The quantitative estimate of drug-likeness (QED) is 0.355. The molecule has 4 rings (SSSR count). The second kappa shape index (κ2) is 12.4. The fraction of sp³-hybridized carbons (Fsp3) is 0.296. The first kappa shape index (κ1) is 28.9. The number of sulfonamides is 2. The van der Waals surface area contributed by atoms with Gasteiger partial charge in [-0.3, -0.25) is 9.10 Å². The Morgan fingerprint density at radius 1 is 0.872 bits per heavy atom. The molecule has 208 valence electrons. The van der Waals surface area contributed by atoms with Crippen molar-refractivity contribution in [1.82, 2.24) is 9.62 Å². The molecule has 39 heavy (non-hydrogen) atoms. The molecule has 1 heterocycles. The lowest BCUT2D eigenvalue weighted by atomic mass is 10.2. The summed E-state index contributed by atoms with van der Waals surface area (Å²) in [6.07, 6.45) is 2.80. The Bertz CT molecular complexity index is 1490.